The predicted octanol–water partition coefficient (Wildman–Crippen LogP) is 3.86. The average molecular weight is 362 g/mol. The second kappa shape index (κ2) is 7.31. The standard InChI is InChI=1S/C17H13ClFN3O3/c1-10-20-17(22-25-10)11-2-5-13(6-3-11)24-9-16(23)21-15-7-4-12(19)8-14(15)18/h2-8H,9H2,1H3,(H,21,23). The van der Waals surface area contributed by atoms with E-state index >= 15 is 0 Å². The van der Waals surface area contributed by atoms with E-state index in [-0.39, 0.29) is 11.6 Å². The van der Waals surface area contributed by atoms with E-state index < -0.39 is 11.7 Å². The molecule has 3 rings (SSSR count). The van der Waals surface area contributed by atoms with Crippen LogP contribution in [-0.2, 0) is 4.79 Å². The molecule has 0 unspecified atom stereocenters. The zero-order chi connectivity index (χ0) is 17.8. The molecule has 0 atom stereocenters. The monoisotopic (exact) mass is 361 g/mol. The smallest absolute Gasteiger partial charge is 0.262 e. The van der Waals surface area contributed by atoms with E-state index in [0.717, 1.165) is 11.6 Å². The molecule has 0 saturated heterocycles. The molecule has 6 nitrogen and oxygen atoms in total. The SMILES string of the molecule is Cc1nc(-c2ccc(OCC(=O)Nc3ccc(F)cc3Cl)cc2)no1. The van der Waals surface area contributed by atoms with Gasteiger partial charge in [0.05, 0.1) is 10.7 Å². The van der Waals surface area contributed by atoms with Gasteiger partial charge in [-0.05, 0) is 42.5 Å². The van der Waals surface area contributed by atoms with Gasteiger partial charge in [0.1, 0.15) is 11.6 Å². The van der Waals surface area contributed by atoms with Crippen LogP contribution in [-0.4, -0.2) is 22.7 Å². The van der Waals surface area contributed by atoms with Gasteiger partial charge >= 0.3 is 0 Å². The number of carbonyl (C=O) groups excluding carboxylic acids is 1. The van der Waals surface area contributed by atoms with Crippen LogP contribution in [0, 0.1) is 12.7 Å². The second-order valence-corrected chi connectivity index (χ2v) is 5.53. The van der Waals surface area contributed by atoms with Crippen molar-refractivity contribution in [3.05, 3.63) is 59.2 Å². The average Bonchev–Trinajstić information content (AvgIpc) is 3.02. The van der Waals surface area contributed by atoms with E-state index in [4.69, 9.17) is 20.9 Å². The van der Waals surface area contributed by atoms with E-state index in [1.165, 1.54) is 12.1 Å². The number of halogens is 2. The lowest BCUT2D eigenvalue weighted by Gasteiger charge is -2.09. The molecule has 2 aromatic carbocycles. The molecule has 0 radical (unpaired) electrons. The third kappa shape index (κ3) is 4.33. The van der Waals surface area contributed by atoms with Crippen molar-refractivity contribution in [1.82, 2.24) is 10.1 Å². The minimum absolute atomic E-state index is 0.119. The van der Waals surface area contributed by atoms with E-state index in [0.29, 0.717) is 23.2 Å². The molecule has 3 aromatic rings. The summed E-state index contributed by atoms with van der Waals surface area (Å²) in [5.74, 6) is 0.575. The van der Waals surface area contributed by atoms with Gasteiger partial charge in [-0.15, -0.1) is 0 Å². The highest BCUT2D eigenvalue weighted by Crippen LogP contribution is 2.23. The fourth-order valence-corrected chi connectivity index (χ4v) is 2.26. The van der Waals surface area contributed by atoms with Gasteiger partial charge in [-0.3, -0.25) is 4.79 Å². The summed E-state index contributed by atoms with van der Waals surface area (Å²) in [5, 5.41) is 6.49. The van der Waals surface area contributed by atoms with E-state index in [1.807, 2.05) is 0 Å². The lowest BCUT2D eigenvalue weighted by atomic mass is 10.2. The van der Waals surface area contributed by atoms with Crippen molar-refractivity contribution in [2.75, 3.05) is 11.9 Å². The molecule has 1 N–H and O–H groups in total. The molecule has 0 bridgehead atoms. The number of anilines is 1. The first-order valence-electron chi connectivity index (χ1n) is 7.30. The summed E-state index contributed by atoms with van der Waals surface area (Å²) in [6.07, 6.45) is 0. The highest BCUT2D eigenvalue weighted by Gasteiger charge is 2.09. The Morgan fingerprint density at radius 1 is 1.28 bits per heavy atom. The molecule has 0 saturated carbocycles. The number of rotatable bonds is 5. The number of ether oxygens (including phenoxy) is 1. The van der Waals surface area contributed by atoms with Gasteiger partial charge in [-0.25, -0.2) is 4.39 Å². The number of nitrogens with one attached hydrogen (secondary N) is 1. The molecule has 25 heavy (non-hydrogen) atoms. The Labute approximate surface area is 147 Å². The minimum Gasteiger partial charge on any atom is -0.484 e. The predicted molar refractivity (Wildman–Crippen MR) is 90.0 cm³/mol. The Kier molecular flexibility index (Phi) is 4.95. The van der Waals surface area contributed by atoms with Crippen LogP contribution in [0.1, 0.15) is 5.89 Å². The molecule has 1 heterocycles. The lowest BCUT2D eigenvalue weighted by molar-refractivity contribution is -0.118. The number of hydrogen-bond acceptors (Lipinski definition) is 5. The molecule has 0 aliphatic heterocycles. The molecular formula is C17H13ClFN3O3. The molecule has 1 aromatic heterocycles. The molecule has 0 fully saturated rings. The highest BCUT2D eigenvalue weighted by atomic mass is 35.5. The number of benzene rings is 2. The quantitative estimate of drug-likeness (QED) is 0.746. The van der Waals surface area contributed by atoms with Crippen LogP contribution in [0.4, 0.5) is 10.1 Å². The summed E-state index contributed by atoms with van der Waals surface area (Å²) < 4.78 is 23.3. The maximum atomic E-state index is 13.0. The van der Waals surface area contributed by atoms with Gasteiger partial charge in [0, 0.05) is 12.5 Å². The molecule has 1 amide bonds. The molecular weight excluding hydrogens is 349 g/mol. The van der Waals surface area contributed by atoms with Crippen LogP contribution >= 0.6 is 11.6 Å². The molecule has 128 valence electrons. The third-order valence-corrected chi connectivity index (χ3v) is 3.53. The number of nitrogens with zero attached hydrogens (tertiary/aromatic N) is 2. The van der Waals surface area contributed by atoms with Crippen molar-refractivity contribution in [2.24, 2.45) is 0 Å². The number of amides is 1. The van der Waals surface area contributed by atoms with Crippen molar-refractivity contribution in [3.63, 3.8) is 0 Å². The van der Waals surface area contributed by atoms with E-state index in [1.54, 1.807) is 31.2 Å². The van der Waals surface area contributed by atoms with Crippen LogP contribution in [0.25, 0.3) is 11.4 Å². The van der Waals surface area contributed by atoms with Crippen molar-refractivity contribution >= 4 is 23.2 Å². The zero-order valence-corrected chi connectivity index (χ0v) is 13.9. The number of aryl methyl sites for hydroxylation is 1. The Morgan fingerprint density at radius 2 is 2.04 bits per heavy atom. The summed E-state index contributed by atoms with van der Waals surface area (Å²) in [7, 11) is 0. The summed E-state index contributed by atoms with van der Waals surface area (Å²) in [5.41, 5.74) is 1.09. The number of carbonyl (C=O) groups is 1. The summed E-state index contributed by atoms with van der Waals surface area (Å²) in [4.78, 5) is 16.0. The van der Waals surface area contributed by atoms with E-state index in [2.05, 4.69) is 15.5 Å². The fourth-order valence-electron chi connectivity index (χ4n) is 2.04. The van der Waals surface area contributed by atoms with Gasteiger partial charge in [-0.2, -0.15) is 4.98 Å². The number of aromatic nitrogens is 2. The van der Waals surface area contributed by atoms with E-state index in [9.17, 15) is 9.18 Å². The Hall–Kier alpha value is -2.93. The Morgan fingerprint density at radius 3 is 2.68 bits per heavy atom. The van der Waals surface area contributed by atoms with Gasteiger partial charge < -0.3 is 14.6 Å². The first-order valence-corrected chi connectivity index (χ1v) is 7.67. The van der Waals surface area contributed by atoms with Crippen molar-refractivity contribution in [3.8, 4) is 17.1 Å². The first kappa shape index (κ1) is 16.9. The number of hydrogen-bond donors (Lipinski definition) is 1. The lowest BCUT2D eigenvalue weighted by Crippen LogP contribution is -2.20. The molecule has 0 spiro atoms. The van der Waals surface area contributed by atoms with Crippen LogP contribution in [0.15, 0.2) is 47.0 Å². The second-order valence-electron chi connectivity index (χ2n) is 5.12. The van der Waals surface area contributed by atoms with Crippen molar-refractivity contribution in [2.45, 2.75) is 6.92 Å². The maximum absolute atomic E-state index is 13.0. The molecule has 8 heteroatoms. The third-order valence-electron chi connectivity index (χ3n) is 3.22. The zero-order valence-electron chi connectivity index (χ0n) is 13.1. The van der Waals surface area contributed by atoms with Gasteiger partial charge in [0.2, 0.25) is 11.7 Å². The highest BCUT2D eigenvalue weighted by molar-refractivity contribution is 6.33. The van der Waals surface area contributed by atoms with Crippen LogP contribution in [0.3, 0.4) is 0 Å². The molecule has 0 aliphatic carbocycles. The topological polar surface area (TPSA) is 77.2 Å². The first-order chi connectivity index (χ1) is 12.0. The van der Waals surface area contributed by atoms with Crippen LogP contribution in [0.5, 0.6) is 5.75 Å². The van der Waals surface area contributed by atoms with Crippen LogP contribution < -0.4 is 10.1 Å². The Bertz CT molecular complexity index is 896. The molecule has 0 aliphatic rings. The Balaban J connectivity index is 1.57. The normalized spacial score (nSPS) is 10.5. The van der Waals surface area contributed by atoms with Crippen molar-refractivity contribution < 1.29 is 18.4 Å². The fraction of sp³-hybridized carbons (Fsp3) is 0.118. The van der Waals surface area contributed by atoms with Gasteiger partial charge in [0.25, 0.3) is 5.91 Å². The summed E-state index contributed by atoms with van der Waals surface area (Å²) in [6, 6.07) is 10.6. The van der Waals surface area contributed by atoms with Crippen LogP contribution in [0.2, 0.25) is 5.02 Å². The van der Waals surface area contributed by atoms with Crippen molar-refractivity contribution in [1.29, 1.82) is 0 Å². The largest absolute Gasteiger partial charge is 0.484 e. The minimum atomic E-state index is -0.476. The summed E-state index contributed by atoms with van der Waals surface area (Å²) >= 11 is 5.85. The van der Waals surface area contributed by atoms with Gasteiger partial charge in [-0.1, -0.05) is 16.8 Å². The van der Waals surface area contributed by atoms with Gasteiger partial charge in [0.15, 0.2) is 6.61 Å². The maximum Gasteiger partial charge on any atom is 0.262 e. The summed E-state index contributed by atoms with van der Waals surface area (Å²) in [6.45, 7) is 1.49.